The van der Waals surface area contributed by atoms with Crippen LogP contribution < -0.4 is 10.6 Å². The molecule has 43 heavy (non-hydrogen) atoms. The molecule has 1 aliphatic carbocycles. The van der Waals surface area contributed by atoms with Gasteiger partial charge in [0.25, 0.3) is 10.1 Å². The van der Waals surface area contributed by atoms with Gasteiger partial charge in [0.2, 0.25) is 11.8 Å². The first-order valence-corrected chi connectivity index (χ1v) is 16.3. The largest absolute Gasteiger partial charge is 0.467 e. The van der Waals surface area contributed by atoms with Crippen molar-refractivity contribution in [2.24, 2.45) is 11.3 Å². The Balaban J connectivity index is 1.93. The molecule has 2 fully saturated rings. The second-order valence-electron chi connectivity index (χ2n) is 13.1. The molecule has 0 aromatic heterocycles. The third-order valence-electron chi connectivity index (χ3n) is 7.48. The van der Waals surface area contributed by atoms with Crippen LogP contribution in [0.4, 0.5) is 4.79 Å². The average molecular weight is 689 g/mol. The van der Waals surface area contributed by atoms with E-state index in [1.54, 1.807) is 53.7 Å². The van der Waals surface area contributed by atoms with E-state index in [4.69, 9.17) is 13.7 Å². The summed E-state index contributed by atoms with van der Waals surface area (Å²) in [5, 5.41) is 5.41. The quantitative estimate of drug-likeness (QED) is 0.293. The molecule has 240 valence electrons. The maximum atomic E-state index is 14.1. The number of rotatable bonds is 9. The standard InChI is InChI=1S/C29H42BrN3O9S/c1-9-17-15-29(17,25(36)40-8)32-23(34)21-14-19(42-43(38,39)20-12-10-18(30)11-13-20)16-33(21)24(35)22(27(2,3)4)31-26(37)41-28(5,6)7/h10-13,17,19,21-22H,9,14-16H2,1-8H3,(H,31,37)(H,32,34)/t17-,19-,21+,22-,29-/m1/s1. The van der Waals surface area contributed by atoms with Crippen LogP contribution >= 0.6 is 15.9 Å². The maximum Gasteiger partial charge on any atom is 0.408 e. The predicted molar refractivity (Wildman–Crippen MR) is 160 cm³/mol. The average Bonchev–Trinajstić information content (AvgIpc) is 3.44. The maximum absolute atomic E-state index is 14.1. The number of hydrogen-bond donors (Lipinski definition) is 2. The normalized spacial score (nSPS) is 24.6. The summed E-state index contributed by atoms with van der Waals surface area (Å²) in [7, 11) is -3.02. The van der Waals surface area contributed by atoms with Crippen molar-refractivity contribution < 1.29 is 41.3 Å². The van der Waals surface area contributed by atoms with Gasteiger partial charge in [-0.1, -0.05) is 50.0 Å². The zero-order valence-corrected chi connectivity index (χ0v) is 28.3. The van der Waals surface area contributed by atoms with Gasteiger partial charge in [-0.3, -0.25) is 13.8 Å². The zero-order valence-electron chi connectivity index (χ0n) is 25.9. The number of amides is 3. The number of hydrogen-bond acceptors (Lipinski definition) is 9. The topological polar surface area (TPSA) is 157 Å². The number of halogens is 1. The molecule has 1 heterocycles. The lowest BCUT2D eigenvalue weighted by molar-refractivity contribution is -0.148. The predicted octanol–water partition coefficient (Wildman–Crippen LogP) is 3.52. The number of likely N-dealkylation sites (tertiary alicyclic amines) is 1. The van der Waals surface area contributed by atoms with E-state index in [9.17, 15) is 27.6 Å². The molecule has 0 unspecified atom stereocenters. The highest BCUT2D eigenvalue weighted by molar-refractivity contribution is 9.10. The Morgan fingerprint density at radius 3 is 2.19 bits per heavy atom. The fourth-order valence-electron chi connectivity index (χ4n) is 5.20. The van der Waals surface area contributed by atoms with Crippen LogP contribution in [0.5, 0.6) is 0 Å². The molecular weight excluding hydrogens is 646 g/mol. The Morgan fingerprint density at radius 1 is 1.09 bits per heavy atom. The van der Waals surface area contributed by atoms with E-state index in [1.807, 2.05) is 6.92 Å². The Morgan fingerprint density at radius 2 is 1.70 bits per heavy atom. The van der Waals surface area contributed by atoms with E-state index in [0.717, 1.165) is 0 Å². The fraction of sp³-hybridized carbons (Fsp3) is 0.655. The first kappa shape index (κ1) is 34.8. The Hall–Kier alpha value is -2.71. The number of nitrogens with one attached hydrogen (secondary N) is 2. The smallest absolute Gasteiger partial charge is 0.408 e. The molecular formula is C29H42BrN3O9S. The van der Waals surface area contributed by atoms with Crippen molar-refractivity contribution in [1.29, 1.82) is 0 Å². The second kappa shape index (κ2) is 12.7. The molecule has 1 saturated carbocycles. The van der Waals surface area contributed by atoms with Gasteiger partial charge in [-0.05, 0) is 62.8 Å². The Bertz CT molecular complexity index is 1340. The van der Waals surface area contributed by atoms with Crippen LogP contribution in [0.2, 0.25) is 0 Å². The summed E-state index contributed by atoms with van der Waals surface area (Å²) in [5.74, 6) is -2.00. The monoisotopic (exact) mass is 687 g/mol. The molecule has 12 nitrogen and oxygen atoms in total. The molecule has 3 rings (SSSR count). The third kappa shape index (κ3) is 8.27. The molecule has 0 radical (unpaired) electrons. The highest BCUT2D eigenvalue weighted by atomic mass is 79.9. The first-order chi connectivity index (χ1) is 19.7. The number of benzene rings is 1. The first-order valence-electron chi connectivity index (χ1n) is 14.1. The van der Waals surface area contributed by atoms with Crippen LogP contribution in [-0.2, 0) is 38.2 Å². The zero-order chi connectivity index (χ0) is 32.5. The lowest BCUT2D eigenvalue weighted by Gasteiger charge is -2.36. The van der Waals surface area contributed by atoms with E-state index in [1.165, 1.54) is 24.1 Å². The number of ether oxygens (including phenoxy) is 2. The van der Waals surface area contributed by atoms with Crippen LogP contribution in [-0.4, -0.2) is 80.2 Å². The van der Waals surface area contributed by atoms with Crippen molar-refractivity contribution in [3.8, 4) is 0 Å². The number of nitrogens with zero attached hydrogens (tertiary/aromatic N) is 1. The molecule has 3 amide bonds. The molecule has 2 N–H and O–H groups in total. The van der Waals surface area contributed by atoms with Gasteiger partial charge in [0.05, 0.1) is 18.1 Å². The van der Waals surface area contributed by atoms with Crippen molar-refractivity contribution in [2.45, 2.75) is 102 Å². The summed E-state index contributed by atoms with van der Waals surface area (Å²) < 4.78 is 42.7. The van der Waals surface area contributed by atoms with Gasteiger partial charge in [0.1, 0.15) is 23.2 Å². The molecule has 0 bridgehead atoms. The molecule has 1 aromatic rings. The Kier molecular flexibility index (Phi) is 10.3. The van der Waals surface area contributed by atoms with Crippen LogP contribution in [0.1, 0.15) is 67.7 Å². The highest BCUT2D eigenvalue weighted by Gasteiger charge is 2.62. The van der Waals surface area contributed by atoms with Crippen molar-refractivity contribution in [3.63, 3.8) is 0 Å². The van der Waals surface area contributed by atoms with Gasteiger partial charge in [0.15, 0.2) is 0 Å². The number of carbonyl (C=O) groups is 4. The van der Waals surface area contributed by atoms with Crippen LogP contribution in [0.15, 0.2) is 33.6 Å². The third-order valence-corrected chi connectivity index (χ3v) is 9.39. The van der Waals surface area contributed by atoms with Crippen molar-refractivity contribution in [1.82, 2.24) is 15.5 Å². The molecule has 2 aliphatic rings. The number of alkyl carbamates (subject to hydrolysis) is 1. The minimum atomic E-state index is -4.25. The SMILES string of the molecule is CC[C@@H]1C[C@]1(NC(=O)[C@@H]1C[C@@H](OS(=O)(=O)c2ccc(Br)cc2)CN1C(=O)[C@@H](NC(=O)OC(C)(C)C)C(C)(C)C)C(=O)OC. The Labute approximate surface area is 261 Å². The summed E-state index contributed by atoms with van der Waals surface area (Å²) >= 11 is 3.27. The van der Waals surface area contributed by atoms with Crippen LogP contribution in [0, 0.1) is 11.3 Å². The molecule has 1 aliphatic heterocycles. The summed E-state index contributed by atoms with van der Waals surface area (Å²) in [6.45, 7) is 11.9. The summed E-state index contributed by atoms with van der Waals surface area (Å²) in [5.41, 5.74) is -2.88. The van der Waals surface area contributed by atoms with Gasteiger partial charge in [-0.15, -0.1) is 0 Å². The van der Waals surface area contributed by atoms with Gasteiger partial charge >= 0.3 is 12.1 Å². The van der Waals surface area contributed by atoms with Crippen molar-refractivity contribution in [2.75, 3.05) is 13.7 Å². The number of esters is 1. The summed E-state index contributed by atoms with van der Waals surface area (Å²) in [4.78, 5) is 54.3. The van der Waals surface area contributed by atoms with Crippen LogP contribution in [0.3, 0.4) is 0 Å². The molecule has 1 aromatic carbocycles. The minimum absolute atomic E-state index is 0.0888. The molecule has 5 atom stereocenters. The van der Waals surface area contributed by atoms with E-state index >= 15 is 0 Å². The van der Waals surface area contributed by atoms with E-state index < -0.39 is 68.7 Å². The van der Waals surface area contributed by atoms with Gasteiger partial charge < -0.3 is 25.0 Å². The highest BCUT2D eigenvalue weighted by Crippen LogP contribution is 2.47. The van der Waals surface area contributed by atoms with Gasteiger partial charge in [0, 0.05) is 17.4 Å². The molecule has 0 spiro atoms. The van der Waals surface area contributed by atoms with Gasteiger partial charge in [-0.25, -0.2) is 9.59 Å². The van der Waals surface area contributed by atoms with Crippen LogP contribution in [0.25, 0.3) is 0 Å². The fourth-order valence-corrected chi connectivity index (χ4v) is 6.54. The molecule has 14 heteroatoms. The van der Waals surface area contributed by atoms with E-state index in [0.29, 0.717) is 17.3 Å². The van der Waals surface area contributed by atoms with Gasteiger partial charge in [-0.2, -0.15) is 8.42 Å². The second-order valence-corrected chi connectivity index (χ2v) is 15.6. The summed E-state index contributed by atoms with van der Waals surface area (Å²) in [6, 6.07) is 3.53. The number of methoxy groups -OCH3 is 1. The molecule has 1 saturated heterocycles. The minimum Gasteiger partial charge on any atom is -0.467 e. The van der Waals surface area contributed by atoms with Crippen molar-refractivity contribution >= 4 is 49.9 Å². The van der Waals surface area contributed by atoms with Crippen molar-refractivity contribution in [3.05, 3.63) is 28.7 Å². The lowest BCUT2D eigenvalue weighted by Crippen LogP contribution is -2.59. The summed E-state index contributed by atoms with van der Waals surface area (Å²) in [6.07, 6.45) is -1.06. The number of carbonyl (C=O) groups excluding carboxylic acids is 4. The lowest BCUT2D eigenvalue weighted by atomic mass is 9.85. The van der Waals surface area contributed by atoms with E-state index in [2.05, 4.69) is 26.6 Å². The van der Waals surface area contributed by atoms with E-state index in [-0.39, 0.29) is 23.8 Å².